The maximum Gasteiger partial charge on any atom is 0.418 e. The number of alkyl halides is 3. The number of sulfonamides is 1. The second-order valence-electron chi connectivity index (χ2n) is 6.98. The Balaban J connectivity index is 1.56. The van der Waals surface area contributed by atoms with Gasteiger partial charge in [0.05, 0.1) is 10.5 Å². The van der Waals surface area contributed by atoms with Crippen LogP contribution in [0.5, 0.6) is 0 Å². The molecule has 164 valence electrons. The Kier molecular flexibility index (Phi) is 6.53. The topological polar surface area (TPSA) is 78.7 Å². The van der Waals surface area contributed by atoms with E-state index in [1.165, 1.54) is 12.1 Å². The van der Waals surface area contributed by atoms with Crippen molar-refractivity contribution < 1.29 is 26.0 Å². The van der Waals surface area contributed by atoms with Gasteiger partial charge < -0.3 is 10.2 Å². The summed E-state index contributed by atoms with van der Waals surface area (Å²) in [7, 11) is -4.23. The zero-order chi connectivity index (χ0) is 21.9. The summed E-state index contributed by atoms with van der Waals surface area (Å²) in [6.45, 7) is 3.66. The highest BCUT2D eigenvalue weighted by atomic mass is 32.2. The summed E-state index contributed by atoms with van der Waals surface area (Å²) in [4.78, 5) is 3.65. The quantitative estimate of drug-likeness (QED) is 0.668. The highest BCUT2D eigenvalue weighted by Gasteiger charge is 2.34. The van der Waals surface area contributed by atoms with Crippen LogP contribution >= 0.6 is 0 Å². The standard InChI is InChI=1S/C19H22F4N4O2S/c20-14-1-3-15(4-2-14)27-11-9-26(10-12-27)8-7-25-18-6-5-16(30(24,28)29)13-17(18)19(21,22)23/h1-6,13,25H,7-12H2,(H2,24,28,29). The highest BCUT2D eigenvalue weighted by molar-refractivity contribution is 7.89. The molecule has 0 unspecified atom stereocenters. The molecule has 0 bridgehead atoms. The smallest absolute Gasteiger partial charge is 0.383 e. The van der Waals surface area contributed by atoms with Gasteiger partial charge in [-0.1, -0.05) is 0 Å². The third-order valence-corrected chi connectivity index (χ3v) is 5.84. The van der Waals surface area contributed by atoms with E-state index < -0.39 is 26.7 Å². The molecule has 0 aliphatic carbocycles. The first-order chi connectivity index (χ1) is 14.0. The van der Waals surface area contributed by atoms with Crippen molar-refractivity contribution in [3.63, 3.8) is 0 Å². The lowest BCUT2D eigenvalue weighted by Gasteiger charge is -2.36. The number of rotatable bonds is 6. The van der Waals surface area contributed by atoms with Crippen molar-refractivity contribution >= 4 is 21.4 Å². The molecule has 11 heteroatoms. The fourth-order valence-electron chi connectivity index (χ4n) is 3.32. The Morgan fingerprint density at radius 1 is 1.00 bits per heavy atom. The van der Waals surface area contributed by atoms with Crippen molar-refractivity contribution in [1.29, 1.82) is 0 Å². The number of nitrogens with two attached hydrogens (primary N) is 1. The van der Waals surface area contributed by atoms with E-state index in [0.29, 0.717) is 12.6 Å². The number of nitrogens with one attached hydrogen (secondary N) is 1. The van der Waals surface area contributed by atoms with Crippen LogP contribution in [0.4, 0.5) is 28.9 Å². The summed E-state index contributed by atoms with van der Waals surface area (Å²) in [6.07, 6.45) is -4.72. The Hall–Kier alpha value is -2.37. The largest absolute Gasteiger partial charge is 0.418 e. The summed E-state index contributed by atoms with van der Waals surface area (Å²) in [5.74, 6) is -0.293. The van der Waals surface area contributed by atoms with Crippen LogP contribution in [-0.2, 0) is 16.2 Å². The van der Waals surface area contributed by atoms with Crippen molar-refractivity contribution in [2.24, 2.45) is 5.14 Å². The number of nitrogens with zero attached hydrogens (tertiary/aromatic N) is 2. The van der Waals surface area contributed by atoms with Crippen molar-refractivity contribution in [3.8, 4) is 0 Å². The minimum absolute atomic E-state index is 0.195. The predicted octanol–water partition coefficient (Wildman–Crippen LogP) is 2.73. The Labute approximate surface area is 172 Å². The molecule has 1 aliphatic rings. The molecule has 3 N–H and O–H groups in total. The lowest BCUT2D eigenvalue weighted by atomic mass is 10.1. The van der Waals surface area contributed by atoms with E-state index in [9.17, 15) is 26.0 Å². The zero-order valence-corrected chi connectivity index (χ0v) is 16.8. The maximum atomic E-state index is 13.3. The lowest BCUT2D eigenvalue weighted by Crippen LogP contribution is -2.47. The molecule has 30 heavy (non-hydrogen) atoms. The number of hydrogen-bond donors (Lipinski definition) is 2. The van der Waals surface area contributed by atoms with Gasteiger partial charge in [-0.3, -0.25) is 4.90 Å². The van der Waals surface area contributed by atoms with E-state index in [4.69, 9.17) is 5.14 Å². The van der Waals surface area contributed by atoms with Gasteiger partial charge in [0.2, 0.25) is 10.0 Å². The first-order valence-electron chi connectivity index (χ1n) is 9.25. The molecule has 0 radical (unpaired) electrons. The second-order valence-corrected chi connectivity index (χ2v) is 8.54. The average molecular weight is 446 g/mol. The first kappa shape index (κ1) is 22.3. The molecule has 0 atom stereocenters. The summed E-state index contributed by atoms with van der Waals surface area (Å²) in [5, 5.41) is 7.67. The molecule has 0 saturated carbocycles. The summed E-state index contributed by atoms with van der Waals surface area (Å²) in [6, 6.07) is 8.92. The number of benzene rings is 2. The first-order valence-corrected chi connectivity index (χ1v) is 10.8. The molecule has 1 fully saturated rings. The van der Waals surface area contributed by atoms with Gasteiger partial charge in [-0.15, -0.1) is 0 Å². The van der Waals surface area contributed by atoms with Gasteiger partial charge in [-0.2, -0.15) is 13.2 Å². The number of anilines is 2. The number of piperazine rings is 1. The molecule has 0 amide bonds. The third-order valence-electron chi connectivity index (χ3n) is 4.93. The molecule has 1 saturated heterocycles. The third kappa shape index (κ3) is 5.61. The van der Waals surface area contributed by atoms with Gasteiger partial charge in [0.15, 0.2) is 0 Å². The molecule has 2 aromatic rings. The molecule has 1 aliphatic heterocycles. The molecular formula is C19H22F4N4O2S. The minimum atomic E-state index is -4.72. The van der Waals surface area contributed by atoms with E-state index >= 15 is 0 Å². The van der Waals surface area contributed by atoms with Gasteiger partial charge >= 0.3 is 6.18 Å². The lowest BCUT2D eigenvalue weighted by molar-refractivity contribution is -0.137. The van der Waals surface area contributed by atoms with E-state index in [-0.39, 0.29) is 18.0 Å². The normalized spacial score (nSPS) is 16.0. The maximum absolute atomic E-state index is 13.3. The second kappa shape index (κ2) is 8.78. The van der Waals surface area contributed by atoms with E-state index in [1.54, 1.807) is 12.1 Å². The molecular weight excluding hydrogens is 424 g/mol. The Bertz CT molecular complexity index is 973. The molecule has 1 heterocycles. The highest BCUT2D eigenvalue weighted by Crippen LogP contribution is 2.36. The summed E-state index contributed by atoms with van der Waals surface area (Å²) in [5.41, 5.74) is -0.339. The van der Waals surface area contributed by atoms with Gasteiger partial charge in [0, 0.05) is 50.6 Å². The van der Waals surface area contributed by atoms with Crippen molar-refractivity contribution in [1.82, 2.24) is 4.90 Å². The Morgan fingerprint density at radius 3 is 2.20 bits per heavy atom. The molecule has 3 rings (SSSR count). The summed E-state index contributed by atoms with van der Waals surface area (Å²) < 4.78 is 75.7. The van der Waals surface area contributed by atoms with Crippen molar-refractivity contribution in [3.05, 3.63) is 53.8 Å². The van der Waals surface area contributed by atoms with E-state index in [0.717, 1.165) is 44.0 Å². The fourth-order valence-corrected chi connectivity index (χ4v) is 3.86. The zero-order valence-electron chi connectivity index (χ0n) is 16.0. The van der Waals surface area contributed by atoms with Crippen molar-refractivity contribution in [2.75, 3.05) is 49.5 Å². The van der Waals surface area contributed by atoms with Gasteiger partial charge in [0.1, 0.15) is 5.82 Å². The molecule has 0 aromatic heterocycles. The average Bonchev–Trinajstić information content (AvgIpc) is 2.68. The minimum Gasteiger partial charge on any atom is -0.383 e. The summed E-state index contributed by atoms with van der Waals surface area (Å²) >= 11 is 0. The monoisotopic (exact) mass is 446 g/mol. The van der Waals surface area contributed by atoms with Crippen LogP contribution in [-0.4, -0.2) is 52.6 Å². The van der Waals surface area contributed by atoms with Crippen LogP contribution in [0.15, 0.2) is 47.4 Å². The molecule has 2 aromatic carbocycles. The van der Waals surface area contributed by atoms with Gasteiger partial charge in [0.25, 0.3) is 0 Å². The molecule has 0 spiro atoms. The fraction of sp³-hybridized carbons (Fsp3) is 0.368. The van der Waals surface area contributed by atoms with E-state index in [2.05, 4.69) is 15.1 Å². The number of primary sulfonamides is 1. The van der Waals surface area contributed by atoms with E-state index in [1.807, 2.05) is 0 Å². The van der Waals surface area contributed by atoms with Gasteiger partial charge in [-0.05, 0) is 42.5 Å². The van der Waals surface area contributed by atoms with Crippen LogP contribution in [0, 0.1) is 5.82 Å². The number of halogens is 4. The van der Waals surface area contributed by atoms with Crippen LogP contribution in [0.2, 0.25) is 0 Å². The predicted molar refractivity (Wildman–Crippen MR) is 106 cm³/mol. The van der Waals surface area contributed by atoms with Crippen LogP contribution < -0.4 is 15.4 Å². The van der Waals surface area contributed by atoms with Gasteiger partial charge in [-0.25, -0.2) is 17.9 Å². The van der Waals surface area contributed by atoms with Crippen molar-refractivity contribution in [2.45, 2.75) is 11.1 Å². The Morgan fingerprint density at radius 2 is 1.63 bits per heavy atom. The van der Waals surface area contributed by atoms with Crippen LogP contribution in [0.25, 0.3) is 0 Å². The SMILES string of the molecule is NS(=O)(=O)c1ccc(NCCN2CCN(c3ccc(F)cc3)CC2)c(C(F)(F)F)c1. The molecule has 6 nitrogen and oxygen atoms in total. The van der Waals surface area contributed by atoms with Crippen LogP contribution in [0.3, 0.4) is 0 Å². The number of hydrogen-bond acceptors (Lipinski definition) is 5. The van der Waals surface area contributed by atoms with Crippen LogP contribution in [0.1, 0.15) is 5.56 Å².